The van der Waals surface area contributed by atoms with Crippen molar-refractivity contribution < 1.29 is 27.8 Å². The first kappa shape index (κ1) is 25.6. The van der Waals surface area contributed by atoms with Crippen LogP contribution in [0.1, 0.15) is 56.9 Å². The zero-order valence-electron chi connectivity index (χ0n) is 20.0. The molecule has 2 saturated heterocycles. The minimum Gasteiger partial charge on any atom is -0.389 e. The van der Waals surface area contributed by atoms with Crippen LogP contribution in [0.2, 0.25) is 0 Å². The second kappa shape index (κ2) is 11.5. The number of amides is 1. The molecule has 2 heterocycles. The van der Waals surface area contributed by atoms with E-state index >= 15 is 0 Å². The molecule has 0 bridgehead atoms. The summed E-state index contributed by atoms with van der Waals surface area (Å²) in [7, 11) is -3.82. The molecule has 1 saturated carbocycles. The Balaban J connectivity index is 1.40. The maximum absolute atomic E-state index is 13.5. The SMILES string of the molecule is Cc1ccc(S(=O)(=O)N2C[C@H](O)COC[C@H]3O[C@@H](CC(=O)NCC4CCCCC4)CC[C@@H]32)cc1. The Morgan fingerprint density at radius 1 is 1.09 bits per heavy atom. The Kier molecular flexibility index (Phi) is 8.63. The number of carbonyl (C=O) groups is 1. The predicted octanol–water partition coefficient (Wildman–Crippen LogP) is 2.38. The smallest absolute Gasteiger partial charge is 0.243 e. The highest BCUT2D eigenvalue weighted by Crippen LogP contribution is 2.31. The molecular formula is C25H38N2O6S. The Morgan fingerprint density at radius 3 is 2.56 bits per heavy atom. The summed E-state index contributed by atoms with van der Waals surface area (Å²) in [5.41, 5.74) is 0.975. The zero-order chi connectivity index (χ0) is 24.1. The fourth-order valence-corrected chi connectivity index (χ4v) is 7.06. The van der Waals surface area contributed by atoms with Gasteiger partial charge in [-0.05, 0) is 50.7 Å². The van der Waals surface area contributed by atoms with Crippen LogP contribution in [0.5, 0.6) is 0 Å². The number of aliphatic hydroxyl groups excluding tert-OH is 1. The summed E-state index contributed by atoms with van der Waals surface area (Å²) in [6, 6.07) is 6.29. The molecule has 2 N–H and O–H groups in total. The number of nitrogens with zero attached hydrogens (tertiary/aromatic N) is 1. The summed E-state index contributed by atoms with van der Waals surface area (Å²) in [5, 5.41) is 13.4. The highest BCUT2D eigenvalue weighted by molar-refractivity contribution is 7.89. The molecule has 1 amide bonds. The zero-order valence-corrected chi connectivity index (χ0v) is 20.8. The highest BCUT2D eigenvalue weighted by atomic mass is 32.2. The number of ether oxygens (including phenoxy) is 2. The molecule has 8 nitrogen and oxygen atoms in total. The van der Waals surface area contributed by atoms with Gasteiger partial charge in [-0.25, -0.2) is 8.42 Å². The number of aryl methyl sites for hydroxylation is 1. The van der Waals surface area contributed by atoms with E-state index in [1.54, 1.807) is 24.3 Å². The molecule has 190 valence electrons. The molecule has 3 fully saturated rings. The normalized spacial score (nSPS) is 29.6. The van der Waals surface area contributed by atoms with Crippen LogP contribution < -0.4 is 5.32 Å². The lowest BCUT2D eigenvalue weighted by molar-refractivity contribution is -0.146. The first-order valence-electron chi connectivity index (χ1n) is 12.6. The van der Waals surface area contributed by atoms with Gasteiger partial charge in [0.25, 0.3) is 0 Å². The summed E-state index contributed by atoms with van der Waals surface area (Å²) in [4.78, 5) is 12.8. The van der Waals surface area contributed by atoms with Crippen LogP contribution >= 0.6 is 0 Å². The van der Waals surface area contributed by atoms with Gasteiger partial charge in [-0.15, -0.1) is 0 Å². The maximum atomic E-state index is 13.5. The number of β-amino-alcohol motifs (C(OH)–C–C–N with tert-alkyl or cyclic N) is 1. The topological polar surface area (TPSA) is 105 Å². The monoisotopic (exact) mass is 494 g/mol. The van der Waals surface area contributed by atoms with Gasteiger partial charge in [-0.3, -0.25) is 4.79 Å². The molecule has 1 aromatic rings. The third kappa shape index (κ3) is 6.37. The van der Waals surface area contributed by atoms with Crippen molar-refractivity contribution >= 4 is 15.9 Å². The lowest BCUT2D eigenvalue weighted by Gasteiger charge is -2.43. The summed E-state index contributed by atoms with van der Waals surface area (Å²) >= 11 is 0. The number of sulfonamides is 1. The van der Waals surface area contributed by atoms with Crippen molar-refractivity contribution in [3.63, 3.8) is 0 Å². The second-order valence-electron chi connectivity index (χ2n) is 10.0. The molecule has 2 aliphatic heterocycles. The van der Waals surface area contributed by atoms with Crippen LogP contribution in [0.3, 0.4) is 0 Å². The number of benzene rings is 1. The van der Waals surface area contributed by atoms with Gasteiger partial charge in [0.05, 0.1) is 48.9 Å². The molecule has 3 aliphatic rings. The molecule has 0 radical (unpaired) electrons. The molecule has 0 unspecified atom stereocenters. The summed E-state index contributed by atoms with van der Waals surface area (Å²) in [6.07, 6.45) is 5.85. The Labute approximate surface area is 203 Å². The number of nitrogens with one attached hydrogen (secondary N) is 1. The highest BCUT2D eigenvalue weighted by Gasteiger charge is 2.43. The second-order valence-corrected chi connectivity index (χ2v) is 11.9. The summed E-state index contributed by atoms with van der Waals surface area (Å²) in [6.45, 7) is 2.80. The first-order valence-corrected chi connectivity index (χ1v) is 14.0. The molecule has 1 aliphatic carbocycles. The first-order chi connectivity index (χ1) is 16.3. The average molecular weight is 495 g/mol. The lowest BCUT2D eigenvalue weighted by Crippen LogP contribution is -2.57. The van der Waals surface area contributed by atoms with E-state index in [9.17, 15) is 18.3 Å². The van der Waals surface area contributed by atoms with Gasteiger partial charge < -0.3 is 19.9 Å². The number of aliphatic hydroxyl groups is 1. The van der Waals surface area contributed by atoms with Crippen LogP contribution in [0.4, 0.5) is 0 Å². The quantitative estimate of drug-likeness (QED) is 0.629. The van der Waals surface area contributed by atoms with E-state index in [1.165, 1.54) is 36.4 Å². The van der Waals surface area contributed by atoms with Crippen molar-refractivity contribution in [2.45, 2.75) is 87.5 Å². The standard InChI is InChI=1S/C25H38N2O6S/c1-18-7-10-22(11-8-18)34(30,31)27-15-20(28)16-32-17-24-23(27)12-9-21(33-24)13-25(29)26-14-19-5-3-2-4-6-19/h7-8,10-11,19-21,23-24,28H,2-6,9,12-17H2,1H3,(H,26,29)/t20-,21+,23-,24+/m0/s1. The van der Waals surface area contributed by atoms with Crippen molar-refractivity contribution in [2.24, 2.45) is 5.92 Å². The number of hydrogen-bond donors (Lipinski definition) is 2. The molecule has 34 heavy (non-hydrogen) atoms. The fourth-order valence-electron chi connectivity index (χ4n) is 5.34. The Bertz CT molecular complexity index is 916. The van der Waals surface area contributed by atoms with E-state index in [4.69, 9.17) is 9.47 Å². The molecule has 0 spiro atoms. The van der Waals surface area contributed by atoms with Crippen molar-refractivity contribution in [1.82, 2.24) is 9.62 Å². The van der Waals surface area contributed by atoms with Gasteiger partial charge in [0.15, 0.2) is 0 Å². The Hall–Kier alpha value is -1.52. The largest absolute Gasteiger partial charge is 0.389 e. The van der Waals surface area contributed by atoms with Gasteiger partial charge in [0, 0.05) is 13.1 Å². The summed E-state index contributed by atoms with van der Waals surface area (Å²) < 4.78 is 40.3. The van der Waals surface area contributed by atoms with Crippen LogP contribution in [0.15, 0.2) is 29.2 Å². The molecular weight excluding hydrogens is 456 g/mol. The average Bonchev–Trinajstić information content (AvgIpc) is 2.81. The number of rotatable bonds is 6. The van der Waals surface area contributed by atoms with Crippen LogP contribution in [-0.2, 0) is 24.3 Å². The van der Waals surface area contributed by atoms with Crippen molar-refractivity contribution in [1.29, 1.82) is 0 Å². The van der Waals surface area contributed by atoms with E-state index in [-0.39, 0.29) is 43.1 Å². The van der Waals surface area contributed by atoms with E-state index in [2.05, 4.69) is 5.32 Å². The van der Waals surface area contributed by atoms with Gasteiger partial charge >= 0.3 is 0 Å². The summed E-state index contributed by atoms with van der Waals surface area (Å²) in [5.74, 6) is 0.556. The molecule has 1 aromatic carbocycles. The van der Waals surface area contributed by atoms with Gasteiger partial charge in [-0.1, -0.05) is 37.0 Å². The third-order valence-electron chi connectivity index (χ3n) is 7.29. The van der Waals surface area contributed by atoms with Crippen molar-refractivity contribution in [3.8, 4) is 0 Å². The fraction of sp³-hybridized carbons (Fsp3) is 0.720. The molecule has 4 rings (SSSR count). The van der Waals surface area contributed by atoms with E-state index < -0.39 is 28.3 Å². The van der Waals surface area contributed by atoms with E-state index in [0.29, 0.717) is 18.8 Å². The van der Waals surface area contributed by atoms with Crippen molar-refractivity contribution in [3.05, 3.63) is 29.8 Å². The maximum Gasteiger partial charge on any atom is 0.243 e. The van der Waals surface area contributed by atoms with Crippen LogP contribution in [0, 0.1) is 12.8 Å². The molecule has 9 heteroatoms. The van der Waals surface area contributed by atoms with Gasteiger partial charge in [0.1, 0.15) is 0 Å². The minimum atomic E-state index is -3.82. The van der Waals surface area contributed by atoms with Gasteiger partial charge in [0.2, 0.25) is 15.9 Å². The van der Waals surface area contributed by atoms with Crippen LogP contribution in [0.25, 0.3) is 0 Å². The number of carbonyl (C=O) groups excluding carboxylic acids is 1. The number of hydrogen-bond acceptors (Lipinski definition) is 6. The van der Waals surface area contributed by atoms with E-state index in [0.717, 1.165) is 12.1 Å². The predicted molar refractivity (Wildman–Crippen MR) is 128 cm³/mol. The third-order valence-corrected chi connectivity index (χ3v) is 9.19. The minimum absolute atomic E-state index is 0.0136. The van der Waals surface area contributed by atoms with Crippen molar-refractivity contribution in [2.75, 3.05) is 26.3 Å². The van der Waals surface area contributed by atoms with Crippen LogP contribution in [-0.4, -0.2) is 74.4 Å². The van der Waals surface area contributed by atoms with E-state index in [1.807, 2.05) is 6.92 Å². The molecule has 4 atom stereocenters. The number of fused-ring (bicyclic) bond motifs is 1. The van der Waals surface area contributed by atoms with Gasteiger partial charge in [-0.2, -0.15) is 4.31 Å². The molecule has 0 aromatic heterocycles. The Morgan fingerprint density at radius 2 is 1.82 bits per heavy atom. The lowest BCUT2D eigenvalue weighted by atomic mass is 9.89.